The summed E-state index contributed by atoms with van der Waals surface area (Å²) in [5.74, 6) is 0.915. The van der Waals surface area contributed by atoms with Crippen LogP contribution in [0, 0.1) is 6.92 Å². The summed E-state index contributed by atoms with van der Waals surface area (Å²) < 4.78 is 7.39. The molecule has 7 heteroatoms. The second kappa shape index (κ2) is 7.26. The van der Waals surface area contributed by atoms with Crippen molar-refractivity contribution in [1.82, 2.24) is 24.8 Å². The number of amides is 1. The zero-order chi connectivity index (χ0) is 20.7. The fraction of sp³-hybridized carbons (Fsp3) is 0.217. The third-order valence-electron chi connectivity index (χ3n) is 5.46. The van der Waals surface area contributed by atoms with Crippen LogP contribution in [-0.2, 0) is 20.0 Å². The number of fused-ring (bicyclic) bond motifs is 1. The zero-order valence-electron chi connectivity index (χ0n) is 16.9. The highest BCUT2D eigenvalue weighted by Crippen LogP contribution is 2.30. The molecule has 150 valence electrons. The van der Waals surface area contributed by atoms with Gasteiger partial charge >= 0.3 is 0 Å². The van der Waals surface area contributed by atoms with Crippen molar-refractivity contribution in [3.8, 4) is 23.0 Å². The molecule has 0 N–H and O–H groups in total. The Balaban J connectivity index is 1.47. The molecule has 1 amide bonds. The van der Waals surface area contributed by atoms with Gasteiger partial charge < -0.3 is 9.42 Å². The van der Waals surface area contributed by atoms with Crippen molar-refractivity contribution in [2.24, 2.45) is 7.05 Å². The number of carbonyl (C=O) groups is 1. The Morgan fingerprint density at radius 1 is 1.10 bits per heavy atom. The first-order valence-electron chi connectivity index (χ1n) is 9.90. The minimum absolute atomic E-state index is 0.0228. The van der Waals surface area contributed by atoms with Crippen LogP contribution in [0.1, 0.15) is 27.2 Å². The third kappa shape index (κ3) is 3.18. The standard InChI is InChI=1S/C23H21N5O2/c1-15-7-6-10-17(13-15)23(29)28-12-11-19-18(14-28)20(25-27(19)2)22-24-21(26-30-22)16-8-4-3-5-9-16/h3-10,13H,11-12,14H2,1-2H3. The molecule has 5 rings (SSSR count). The van der Waals surface area contributed by atoms with Crippen molar-refractivity contribution in [2.45, 2.75) is 19.9 Å². The van der Waals surface area contributed by atoms with Gasteiger partial charge in [-0.3, -0.25) is 9.48 Å². The molecule has 7 nitrogen and oxygen atoms in total. The summed E-state index contributed by atoms with van der Waals surface area (Å²) in [6.45, 7) is 3.11. The molecule has 3 heterocycles. The molecule has 4 aromatic rings. The molecular weight excluding hydrogens is 378 g/mol. The molecular formula is C23H21N5O2. The van der Waals surface area contributed by atoms with E-state index in [1.54, 1.807) is 0 Å². The van der Waals surface area contributed by atoms with Crippen LogP contribution >= 0.6 is 0 Å². The van der Waals surface area contributed by atoms with Crippen molar-refractivity contribution in [2.75, 3.05) is 6.54 Å². The quantitative estimate of drug-likeness (QED) is 0.526. The molecule has 0 saturated heterocycles. The minimum atomic E-state index is 0.0228. The lowest BCUT2D eigenvalue weighted by atomic mass is 10.0. The van der Waals surface area contributed by atoms with E-state index < -0.39 is 0 Å². The fourth-order valence-electron chi connectivity index (χ4n) is 3.92. The minimum Gasteiger partial charge on any atom is -0.334 e. The molecule has 0 radical (unpaired) electrons. The lowest BCUT2D eigenvalue weighted by molar-refractivity contribution is 0.0733. The van der Waals surface area contributed by atoms with Gasteiger partial charge in [0.2, 0.25) is 5.82 Å². The number of nitrogens with zero attached hydrogens (tertiary/aromatic N) is 5. The number of carbonyl (C=O) groups excluding carboxylic acids is 1. The van der Waals surface area contributed by atoms with Crippen LogP contribution in [0.25, 0.3) is 23.0 Å². The Bertz CT molecular complexity index is 1230. The molecule has 1 aliphatic heterocycles. The van der Waals surface area contributed by atoms with Crippen molar-refractivity contribution < 1.29 is 9.32 Å². The van der Waals surface area contributed by atoms with Gasteiger partial charge in [-0.15, -0.1) is 0 Å². The van der Waals surface area contributed by atoms with Gasteiger partial charge in [0, 0.05) is 42.4 Å². The molecule has 0 unspecified atom stereocenters. The molecule has 0 fully saturated rings. The van der Waals surface area contributed by atoms with E-state index in [1.165, 1.54) is 0 Å². The predicted molar refractivity (Wildman–Crippen MR) is 112 cm³/mol. The van der Waals surface area contributed by atoms with Gasteiger partial charge in [0.25, 0.3) is 11.8 Å². The second-order valence-corrected chi connectivity index (χ2v) is 7.53. The normalized spacial score (nSPS) is 13.3. The first-order chi connectivity index (χ1) is 14.6. The number of aromatic nitrogens is 4. The summed E-state index contributed by atoms with van der Waals surface area (Å²) in [6, 6.07) is 17.4. The van der Waals surface area contributed by atoms with Crippen LogP contribution in [0.2, 0.25) is 0 Å². The fourth-order valence-corrected chi connectivity index (χ4v) is 3.92. The lowest BCUT2D eigenvalue weighted by Gasteiger charge is -2.27. The molecule has 2 aromatic heterocycles. The Hall–Kier alpha value is -3.74. The van der Waals surface area contributed by atoms with Crippen LogP contribution in [0.5, 0.6) is 0 Å². The second-order valence-electron chi connectivity index (χ2n) is 7.53. The van der Waals surface area contributed by atoms with Crippen molar-refractivity contribution in [3.63, 3.8) is 0 Å². The first kappa shape index (κ1) is 18.3. The van der Waals surface area contributed by atoms with Crippen LogP contribution in [0.15, 0.2) is 59.1 Å². The average molecular weight is 399 g/mol. The van der Waals surface area contributed by atoms with Gasteiger partial charge in [0.05, 0.1) is 6.54 Å². The molecule has 30 heavy (non-hydrogen) atoms. The van der Waals surface area contributed by atoms with E-state index in [-0.39, 0.29) is 5.91 Å². The molecule has 1 aliphatic rings. The van der Waals surface area contributed by atoms with E-state index in [4.69, 9.17) is 4.52 Å². The van der Waals surface area contributed by atoms with Crippen molar-refractivity contribution in [1.29, 1.82) is 0 Å². The highest BCUT2D eigenvalue weighted by Gasteiger charge is 2.30. The summed E-state index contributed by atoms with van der Waals surface area (Å²) in [6.07, 6.45) is 0.732. The molecule has 2 aromatic carbocycles. The Morgan fingerprint density at radius 3 is 2.73 bits per heavy atom. The lowest BCUT2D eigenvalue weighted by Crippen LogP contribution is -2.36. The van der Waals surface area contributed by atoms with Crippen molar-refractivity contribution >= 4 is 5.91 Å². The number of rotatable bonds is 3. The van der Waals surface area contributed by atoms with Gasteiger partial charge in [-0.2, -0.15) is 10.1 Å². The van der Waals surface area contributed by atoms with Crippen LogP contribution < -0.4 is 0 Å². The van der Waals surface area contributed by atoms with E-state index in [9.17, 15) is 4.79 Å². The predicted octanol–water partition coefficient (Wildman–Crippen LogP) is 3.64. The maximum Gasteiger partial charge on any atom is 0.279 e. The van der Waals surface area contributed by atoms with Crippen LogP contribution in [0.3, 0.4) is 0 Å². The van der Waals surface area contributed by atoms with Gasteiger partial charge in [-0.1, -0.05) is 53.2 Å². The topological polar surface area (TPSA) is 77.1 Å². The first-order valence-corrected chi connectivity index (χ1v) is 9.90. The zero-order valence-corrected chi connectivity index (χ0v) is 16.9. The third-order valence-corrected chi connectivity index (χ3v) is 5.46. The smallest absolute Gasteiger partial charge is 0.279 e. The monoisotopic (exact) mass is 399 g/mol. The van der Waals surface area contributed by atoms with Gasteiger partial charge in [0.15, 0.2) is 5.69 Å². The van der Waals surface area contributed by atoms with Gasteiger partial charge in [-0.25, -0.2) is 0 Å². The molecule has 0 spiro atoms. The highest BCUT2D eigenvalue weighted by atomic mass is 16.5. The summed E-state index contributed by atoms with van der Waals surface area (Å²) in [5.41, 5.74) is 5.36. The van der Waals surface area contributed by atoms with Crippen LogP contribution in [0.4, 0.5) is 0 Å². The maximum absolute atomic E-state index is 13.1. The summed E-state index contributed by atoms with van der Waals surface area (Å²) >= 11 is 0. The average Bonchev–Trinajstić information content (AvgIpc) is 3.39. The number of benzene rings is 2. The van der Waals surface area contributed by atoms with E-state index >= 15 is 0 Å². The number of aryl methyl sites for hydroxylation is 2. The Labute approximate surface area is 174 Å². The van der Waals surface area contributed by atoms with Crippen LogP contribution in [-0.4, -0.2) is 37.3 Å². The Morgan fingerprint density at radius 2 is 1.93 bits per heavy atom. The molecule has 0 aliphatic carbocycles. The van der Waals surface area contributed by atoms with E-state index in [2.05, 4.69) is 15.2 Å². The summed E-state index contributed by atoms with van der Waals surface area (Å²) in [5, 5.41) is 8.75. The maximum atomic E-state index is 13.1. The molecule has 0 saturated carbocycles. The molecule has 0 atom stereocenters. The molecule has 0 bridgehead atoms. The Kier molecular flexibility index (Phi) is 4.43. The van der Waals surface area contributed by atoms with E-state index in [0.717, 1.165) is 28.8 Å². The van der Waals surface area contributed by atoms with E-state index in [1.807, 2.05) is 78.2 Å². The van der Waals surface area contributed by atoms with Crippen molar-refractivity contribution in [3.05, 3.63) is 77.0 Å². The highest BCUT2D eigenvalue weighted by molar-refractivity contribution is 5.94. The summed E-state index contributed by atoms with van der Waals surface area (Å²) in [7, 11) is 1.91. The number of hydrogen-bond acceptors (Lipinski definition) is 5. The largest absolute Gasteiger partial charge is 0.334 e. The summed E-state index contributed by atoms with van der Waals surface area (Å²) in [4.78, 5) is 19.5. The van der Waals surface area contributed by atoms with E-state index in [0.29, 0.717) is 36.1 Å². The van der Waals surface area contributed by atoms with Gasteiger partial charge in [-0.05, 0) is 19.1 Å². The van der Waals surface area contributed by atoms with Gasteiger partial charge in [0.1, 0.15) is 0 Å². The SMILES string of the molecule is Cc1cccc(C(=O)N2CCc3c(c(-c4nc(-c5ccccc5)no4)nn3C)C2)c1. The number of hydrogen-bond donors (Lipinski definition) is 0.